The van der Waals surface area contributed by atoms with Crippen molar-refractivity contribution in [3.8, 4) is 17.0 Å². The molecule has 2 fully saturated rings. The number of rotatable bonds is 3. The van der Waals surface area contributed by atoms with E-state index in [1.165, 1.54) is 0 Å². The lowest BCUT2D eigenvalue weighted by atomic mass is 9.97. The highest BCUT2D eigenvalue weighted by Gasteiger charge is 2.38. The summed E-state index contributed by atoms with van der Waals surface area (Å²) in [7, 11) is 0. The summed E-state index contributed by atoms with van der Waals surface area (Å²) in [5.74, 6) is 1.15. The molecule has 4 rings (SSSR count). The molecule has 2 atom stereocenters. The van der Waals surface area contributed by atoms with Gasteiger partial charge in [-0.3, -0.25) is 4.90 Å². The molecule has 2 saturated heterocycles. The maximum absolute atomic E-state index is 10.3. The van der Waals surface area contributed by atoms with Gasteiger partial charge in [0.05, 0.1) is 24.4 Å². The van der Waals surface area contributed by atoms with Crippen molar-refractivity contribution in [1.82, 2.24) is 15.1 Å². The van der Waals surface area contributed by atoms with E-state index in [0.717, 1.165) is 60.9 Å². The van der Waals surface area contributed by atoms with Crippen LogP contribution in [0.1, 0.15) is 31.4 Å². The van der Waals surface area contributed by atoms with Gasteiger partial charge in [0.2, 0.25) is 0 Å². The third kappa shape index (κ3) is 3.59. The van der Waals surface area contributed by atoms with E-state index in [9.17, 15) is 5.11 Å². The van der Waals surface area contributed by atoms with Crippen LogP contribution in [-0.2, 0) is 4.74 Å². The van der Waals surface area contributed by atoms with Gasteiger partial charge in [0.15, 0.2) is 5.82 Å². The van der Waals surface area contributed by atoms with Crippen LogP contribution >= 0.6 is 0 Å². The molecule has 0 amide bonds. The normalized spacial score (nSPS) is 23.1. The van der Waals surface area contributed by atoms with Crippen LogP contribution in [0.15, 0.2) is 24.3 Å². The molecule has 0 radical (unpaired) electrons. The smallest absolute Gasteiger partial charge is 0.152 e. The van der Waals surface area contributed by atoms with Gasteiger partial charge in [-0.2, -0.15) is 0 Å². The zero-order valence-electron chi connectivity index (χ0n) is 17.2. The highest BCUT2D eigenvalue weighted by atomic mass is 16.5. The van der Waals surface area contributed by atoms with Crippen molar-refractivity contribution in [3.63, 3.8) is 0 Å². The molecule has 0 saturated carbocycles. The van der Waals surface area contributed by atoms with E-state index in [1.807, 2.05) is 26.0 Å². The second kappa shape index (κ2) is 7.68. The maximum atomic E-state index is 10.3. The fourth-order valence-electron chi connectivity index (χ4n) is 4.37. The number of likely N-dealkylation sites (tertiary alicyclic amines) is 1. The maximum Gasteiger partial charge on any atom is 0.152 e. The van der Waals surface area contributed by atoms with Gasteiger partial charge in [-0.25, -0.2) is 0 Å². The Labute approximate surface area is 167 Å². The van der Waals surface area contributed by atoms with Crippen molar-refractivity contribution < 1.29 is 9.84 Å². The van der Waals surface area contributed by atoms with Crippen LogP contribution in [0.4, 0.5) is 5.82 Å². The minimum Gasteiger partial charge on any atom is -0.507 e. The van der Waals surface area contributed by atoms with E-state index in [1.54, 1.807) is 6.07 Å². The van der Waals surface area contributed by atoms with Gasteiger partial charge in [-0.05, 0) is 63.4 Å². The van der Waals surface area contributed by atoms with Crippen LogP contribution in [0.2, 0.25) is 0 Å². The molecule has 1 aromatic heterocycles. The van der Waals surface area contributed by atoms with E-state index < -0.39 is 0 Å². The van der Waals surface area contributed by atoms with Crippen molar-refractivity contribution in [3.05, 3.63) is 35.4 Å². The number of aromatic nitrogens is 2. The molecule has 0 spiro atoms. The summed E-state index contributed by atoms with van der Waals surface area (Å²) in [4.78, 5) is 4.88. The quantitative estimate of drug-likeness (QED) is 0.880. The highest BCUT2D eigenvalue weighted by Crippen LogP contribution is 2.33. The van der Waals surface area contributed by atoms with Gasteiger partial charge in [0.1, 0.15) is 5.75 Å². The molecular formula is C22H30N4O2. The first-order chi connectivity index (χ1) is 13.4. The Morgan fingerprint density at radius 1 is 1.14 bits per heavy atom. The highest BCUT2D eigenvalue weighted by molar-refractivity contribution is 5.70. The zero-order valence-corrected chi connectivity index (χ0v) is 17.2. The molecule has 6 nitrogen and oxygen atoms in total. The van der Waals surface area contributed by atoms with Crippen LogP contribution < -0.4 is 4.90 Å². The molecular weight excluding hydrogens is 352 g/mol. The second-order valence-electron chi connectivity index (χ2n) is 8.30. The number of phenols is 1. The lowest BCUT2D eigenvalue weighted by molar-refractivity contribution is -0.0346. The largest absolute Gasteiger partial charge is 0.507 e. The first kappa shape index (κ1) is 19.2. The molecule has 150 valence electrons. The number of fused-ring (bicyclic) bond motifs is 1. The van der Waals surface area contributed by atoms with Gasteiger partial charge in [-0.15, -0.1) is 10.2 Å². The van der Waals surface area contributed by atoms with Crippen LogP contribution in [-0.4, -0.2) is 64.6 Å². The Morgan fingerprint density at radius 2 is 1.96 bits per heavy atom. The summed E-state index contributed by atoms with van der Waals surface area (Å²) in [6.45, 7) is 12.1. The average Bonchev–Trinajstić information content (AvgIpc) is 2.67. The molecule has 28 heavy (non-hydrogen) atoms. The van der Waals surface area contributed by atoms with E-state index in [-0.39, 0.29) is 11.9 Å². The van der Waals surface area contributed by atoms with Crippen molar-refractivity contribution >= 4 is 5.82 Å². The SMILES string of the molecule is Cc1ccc(-c2nnc(N3CCO[C@@H]4CCN(C(C)C)C[C@@H]43)cc2C)c(O)c1. The van der Waals surface area contributed by atoms with Gasteiger partial charge in [-0.1, -0.05) is 6.07 Å². The monoisotopic (exact) mass is 382 g/mol. The van der Waals surface area contributed by atoms with Crippen LogP contribution in [0, 0.1) is 13.8 Å². The van der Waals surface area contributed by atoms with Crippen molar-refractivity contribution in [2.75, 3.05) is 31.1 Å². The summed E-state index contributed by atoms with van der Waals surface area (Å²) in [5, 5.41) is 19.4. The number of phenolic OH excluding ortho intramolecular Hbond substituents is 1. The number of benzene rings is 1. The molecule has 3 heterocycles. The van der Waals surface area contributed by atoms with Gasteiger partial charge in [0.25, 0.3) is 0 Å². The molecule has 6 heteroatoms. The van der Waals surface area contributed by atoms with Crippen molar-refractivity contribution in [2.45, 2.75) is 52.3 Å². The van der Waals surface area contributed by atoms with Crippen LogP contribution in [0.25, 0.3) is 11.3 Å². The second-order valence-corrected chi connectivity index (χ2v) is 8.30. The molecule has 1 N–H and O–H groups in total. The first-order valence-electron chi connectivity index (χ1n) is 10.2. The summed E-state index contributed by atoms with van der Waals surface area (Å²) >= 11 is 0. The van der Waals surface area contributed by atoms with E-state index >= 15 is 0 Å². The Balaban J connectivity index is 1.62. The van der Waals surface area contributed by atoms with E-state index in [4.69, 9.17) is 4.74 Å². The molecule has 1 aromatic carbocycles. The minimum absolute atomic E-state index is 0.247. The fourth-order valence-corrected chi connectivity index (χ4v) is 4.37. The summed E-state index contributed by atoms with van der Waals surface area (Å²) in [5.41, 5.74) is 3.50. The topological polar surface area (TPSA) is 61.7 Å². The van der Waals surface area contributed by atoms with E-state index in [0.29, 0.717) is 12.1 Å². The van der Waals surface area contributed by atoms with Gasteiger partial charge >= 0.3 is 0 Å². The Morgan fingerprint density at radius 3 is 2.68 bits per heavy atom. The Kier molecular flexibility index (Phi) is 5.25. The van der Waals surface area contributed by atoms with Gasteiger partial charge < -0.3 is 14.7 Å². The predicted molar refractivity (Wildman–Crippen MR) is 111 cm³/mol. The van der Waals surface area contributed by atoms with E-state index in [2.05, 4.69) is 39.9 Å². The number of aromatic hydroxyl groups is 1. The summed E-state index contributed by atoms with van der Waals surface area (Å²) < 4.78 is 6.06. The molecule has 0 unspecified atom stereocenters. The lowest BCUT2D eigenvalue weighted by Gasteiger charge is -2.48. The van der Waals surface area contributed by atoms with Crippen molar-refractivity contribution in [2.24, 2.45) is 0 Å². The molecule has 2 aromatic rings. The standard InChI is InChI=1S/C22H30N4O2/c1-14(2)25-8-7-20-18(13-25)26(9-10-28-20)21-12-16(4)22(24-23-21)17-6-5-15(3)11-19(17)27/h5-6,11-12,14,18,20,27H,7-10,13H2,1-4H3/t18-,20+/m0/s1. The number of ether oxygens (including phenoxy) is 1. The van der Waals surface area contributed by atoms with Crippen molar-refractivity contribution in [1.29, 1.82) is 0 Å². The number of hydrogen-bond acceptors (Lipinski definition) is 6. The number of anilines is 1. The number of hydrogen-bond donors (Lipinski definition) is 1. The lowest BCUT2D eigenvalue weighted by Crippen LogP contribution is -2.61. The van der Waals surface area contributed by atoms with Crippen LogP contribution in [0.5, 0.6) is 5.75 Å². The predicted octanol–water partition coefficient (Wildman–Crippen LogP) is 3.15. The summed E-state index contributed by atoms with van der Waals surface area (Å²) in [6.07, 6.45) is 1.31. The molecule has 0 aliphatic carbocycles. The molecule has 2 aliphatic heterocycles. The third-order valence-electron chi connectivity index (χ3n) is 6.02. The first-order valence-corrected chi connectivity index (χ1v) is 10.2. The third-order valence-corrected chi connectivity index (χ3v) is 6.02. The van der Waals surface area contributed by atoms with Crippen LogP contribution in [0.3, 0.4) is 0 Å². The summed E-state index contributed by atoms with van der Waals surface area (Å²) in [6, 6.07) is 8.59. The number of morpholine rings is 1. The number of nitrogens with zero attached hydrogens (tertiary/aromatic N) is 4. The Hall–Kier alpha value is -2.18. The zero-order chi connectivity index (χ0) is 19.8. The molecule has 0 bridgehead atoms. The molecule has 2 aliphatic rings. The van der Waals surface area contributed by atoms with Gasteiger partial charge in [0, 0.05) is 31.2 Å². The number of aryl methyl sites for hydroxylation is 2. The number of piperidine rings is 1. The Bertz CT molecular complexity index is 854. The fraction of sp³-hybridized carbons (Fsp3) is 0.545. The minimum atomic E-state index is 0.247. The average molecular weight is 383 g/mol.